The summed E-state index contributed by atoms with van der Waals surface area (Å²) in [5, 5.41) is 6.32. The summed E-state index contributed by atoms with van der Waals surface area (Å²) in [6.07, 6.45) is 1.49. The van der Waals surface area contributed by atoms with Gasteiger partial charge in [0.1, 0.15) is 5.75 Å². The first kappa shape index (κ1) is 21.0. The highest BCUT2D eigenvalue weighted by molar-refractivity contribution is 6.33. The Bertz CT molecular complexity index is 889. The van der Waals surface area contributed by atoms with Crippen LogP contribution < -0.4 is 15.4 Å². The summed E-state index contributed by atoms with van der Waals surface area (Å²) in [6, 6.07) is 14.4. The second kappa shape index (κ2) is 9.18. The number of carbonyl (C=O) groups is 2. The summed E-state index contributed by atoms with van der Waals surface area (Å²) in [7, 11) is 1.61. The fourth-order valence-electron chi connectivity index (χ4n) is 3.53. The standard InChI is InChI=1S/C22H26ClN3O3/c1-22(20(27)24-14-16-7-5-8-17(13-16)29-2)11-6-12-26(15-22)21(28)25-19-10-4-3-9-18(19)23/h3-5,7-10,13H,6,11-12,14-15H2,1-2H3,(H,24,27)(H,25,28). The first-order valence-electron chi connectivity index (χ1n) is 9.63. The number of ether oxygens (including phenoxy) is 1. The van der Waals surface area contributed by atoms with E-state index in [4.69, 9.17) is 16.3 Å². The number of hydrogen-bond donors (Lipinski definition) is 2. The SMILES string of the molecule is COc1cccc(CNC(=O)C2(C)CCCN(C(=O)Nc3ccccc3Cl)C2)c1. The van der Waals surface area contributed by atoms with E-state index in [0.29, 0.717) is 30.3 Å². The molecule has 2 N–H and O–H groups in total. The summed E-state index contributed by atoms with van der Waals surface area (Å²) in [6.45, 7) is 3.28. The minimum Gasteiger partial charge on any atom is -0.497 e. The molecule has 1 unspecified atom stereocenters. The molecule has 0 aromatic heterocycles. The van der Waals surface area contributed by atoms with E-state index in [1.54, 1.807) is 24.1 Å². The van der Waals surface area contributed by atoms with Crippen LogP contribution in [0.1, 0.15) is 25.3 Å². The fraction of sp³-hybridized carbons (Fsp3) is 0.364. The molecule has 0 bridgehead atoms. The van der Waals surface area contributed by atoms with Crippen LogP contribution in [-0.4, -0.2) is 37.0 Å². The van der Waals surface area contributed by atoms with E-state index >= 15 is 0 Å². The van der Waals surface area contributed by atoms with E-state index in [1.165, 1.54) is 0 Å². The third-order valence-corrected chi connectivity index (χ3v) is 5.56. The summed E-state index contributed by atoms with van der Waals surface area (Å²) in [4.78, 5) is 27.3. The summed E-state index contributed by atoms with van der Waals surface area (Å²) >= 11 is 6.13. The molecular formula is C22H26ClN3O3. The van der Waals surface area contributed by atoms with E-state index in [-0.39, 0.29) is 11.9 Å². The van der Waals surface area contributed by atoms with Crippen molar-refractivity contribution in [1.29, 1.82) is 0 Å². The lowest BCUT2D eigenvalue weighted by atomic mass is 9.81. The highest BCUT2D eigenvalue weighted by Crippen LogP contribution is 2.31. The van der Waals surface area contributed by atoms with Crippen molar-refractivity contribution in [3.05, 3.63) is 59.1 Å². The number of likely N-dealkylation sites (tertiary alicyclic amines) is 1. The molecule has 2 aromatic carbocycles. The van der Waals surface area contributed by atoms with Crippen LogP contribution in [0.4, 0.5) is 10.5 Å². The maximum absolute atomic E-state index is 12.9. The number of piperidine rings is 1. The van der Waals surface area contributed by atoms with Gasteiger partial charge in [-0.05, 0) is 49.6 Å². The van der Waals surface area contributed by atoms with Crippen LogP contribution in [0.25, 0.3) is 0 Å². The Balaban J connectivity index is 1.60. The van der Waals surface area contributed by atoms with Crippen molar-refractivity contribution in [2.45, 2.75) is 26.3 Å². The molecule has 3 amide bonds. The summed E-state index contributed by atoms with van der Waals surface area (Å²) < 4.78 is 5.22. The number of methoxy groups -OCH3 is 1. The summed E-state index contributed by atoms with van der Waals surface area (Å²) in [5.41, 5.74) is 0.883. The number of carbonyl (C=O) groups excluding carboxylic acids is 2. The molecule has 1 aliphatic heterocycles. The molecule has 154 valence electrons. The smallest absolute Gasteiger partial charge is 0.321 e. The van der Waals surface area contributed by atoms with Crippen LogP contribution in [0.3, 0.4) is 0 Å². The number of benzene rings is 2. The van der Waals surface area contributed by atoms with Crippen LogP contribution in [0.15, 0.2) is 48.5 Å². The van der Waals surface area contributed by atoms with Crippen molar-refractivity contribution in [1.82, 2.24) is 10.2 Å². The number of nitrogens with one attached hydrogen (secondary N) is 2. The van der Waals surface area contributed by atoms with Crippen LogP contribution in [0.2, 0.25) is 5.02 Å². The van der Waals surface area contributed by atoms with E-state index in [2.05, 4.69) is 10.6 Å². The molecule has 29 heavy (non-hydrogen) atoms. The number of amides is 3. The molecule has 7 heteroatoms. The maximum atomic E-state index is 12.9. The molecule has 0 radical (unpaired) electrons. The number of anilines is 1. The molecule has 6 nitrogen and oxygen atoms in total. The van der Waals surface area contributed by atoms with Crippen LogP contribution >= 0.6 is 11.6 Å². The Morgan fingerprint density at radius 3 is 2.76 bits per heavy atom. The monoisotopic (exact) mass is 415 g/mol. The highest BCUT2D eigenvalue weighted by atomic mass is 35.5. The van der Waals surface area contributed by atoms with E-state index < -0.39 is 5.41 Å². The Morgan fingerprint density at radius 1 is 1.21 bits per heavy atom. The number of rotatable bonds is 5. The number of nitrogens with zero attached hydrogens (tertiary/aromatic N) is 1. The Kier molecular flexibility index (Phi) is 6.64. The van der Waals surface area contributed by atoms with Gasteiger partial charge in [0.2, 0.25) is 5.91 Å². The van der Waals surface area contributed by atoms with Crippen LogP contribution in [-0.2, 0) is 11.3 Å². The predicted octanol–water partition coefficient (Wildman–Crippen LogP) is 4.30. The minimum absolute atomic E-state index is 0.0597. The molecule has 0 spiro atoms. The largest absolute Gasteiger partial charge is 0.497 e. The van der Waals surface area contributed by atoms with Gasteiger partial charge in [-0.2, -0.15) is 0 Å². The molecule has 0 saturated carbocycles. The zero-order chi connectivity index (χ0) is 20.9. The van der Waals surface area contributed by atoms with Gasteiger partial charge in [0.15, 0.2) is 0 Å². The first-order valence-corrected chi connectivity index (χ1v) is 10.0. The van der Waals surface area contributed by atoms with Crippen LogP contribution in [0, 0.1) is 5.41 Å². The molecule has 1 heterocycles. The Morgan fingerprint density at radius 2 is 2.00 bits per heavy atom. The van der Waals surface area contributed by atoms with Gasteiger partial charge in [-0.3, -0.25) is 4.79 Å². The number of urea groups is 1. The lowest BCUT2D eigenvalue weighted by Gasteiger charge is -2.39. The van der Waals surface area contributed by atoms with Crippen molar-refractivity contribution in [3.8, 4) is 5.75 Å². The fourth-order valence-corrected chi connectivity index (χ4v) is 3.72. The maximum Gasteiger partial charge on any atom is 0.321 e. The van der Waals surface area contributed by atoms with Gasteiger partial charge in [0.05, 0.1) is 23.2 Å². The van der Waals surface area contributed by atoms with Crippen LogP contribution in [0.5, 0.6) is 5.75 Å². The second-order valence-corrected chi connectivity index (χ2v) is 7.94. The third kappa shape index (κ3) is 5.21. The average Bonchev–Trinajstić information content (AvgIpc) is 2.73. The number of hydrogen-bond acceptors (Lipinski definition) is 3. The average molecular weight is 416 g/mol. The van der Waals surface area contributed by atoms with Gasteiger partial charge in [0.25, 0.3) is 0 Å². The zero-order valence-corrected chi connectivity index (χ0v) is 17.5. The zero-order valence-electron chi connectivity index (χ0n) is 16.7. The lowest BCUT2D eigenvalue weighted by molar-refractivity contribution is -0.132. The molecule has 3 rings (SSSR count). The van der Waals surface area contributed by atoms with Gasteiger partial charge in [-0.25, -0.2) is 4.79 Å². The van der Waals surface area contributed by atoms with Crippen molar-refractivity contribution in [2.24, 2.45) is 5.41 Å². The van der Waals surface area contributed by atoms with Gasteiger partial charge in [0, 0.05) is 19.6 Å². The lowest BCUT2D eigenvalue weighted by Crippen LogP contribution is -2.52. The third-order valence-electron chi connectivity index (χ3n) is 5.23. The van der Waals surface area contributed by atoms with Crippen molar-refractivity contribution >= 4 is 29.2 Å². The quantitative estimate of drug-likeness (QED) is 0.764. The number of para-hydroxylation sites is 1. The molecule has 0 aliphatic carbocycles. The Labute approximate surface area is 176 Å². The van der Waals surface area contributed by atoms with Gasteiger partial charge < -0.3 is 20.3 Å². The normalized spacial score (nSPS) is 18.8. The molecule has 1 fully saturated rings. The van der Waals surface area contributed by atoms with Crippen molar-refractivity contribution in [3.63, 3.8) is 0 Å². The predicted molar refractivity (Wildman–Crippen MR) is 114 cm³/mol. The van der Waals surface area contributed by atoms with Gasteiger partial charge in [-0.15, -0.1) is 0 Å². The Hall–Kier alpha value is -2.73. The molecule has 2 aromatic rings. The molecule has 1 aliphatic rings. The van der Waals surface area contributed by atoms with E-state index in [0.717, 1.165) is 24.2 Å². The van der Waals surface area contributed by atoms with E-state index in [9.17, 15) is 9.59 Å². The van der Waals surface area contributed by atoms with Gasteiger partial charge in [-0.1, -0.05) is 35.9 Å². The van der Waals surface area contributed by atoms with E-state index in [1.807, 2.05) is 43.3 Å². The highest BCUT2D eigenvalue weighted by Gasteiger charge is 2.39. The van der Waals surface area contributed by atoms with Gasteiger partial charge >= 0.3 is 6.03 Å². The molecular weight excluding hydrogens is 390 g/mol. The van der Waals surface area contributed by atoms with Crippen molar-refractivity contribution < 1.29 is 14.3 Å². The second-order valence-electron chi connectivity index (χ2n) is 7.53. The minimum atomic E-state index is -0.644. The molecule has 1 saturated heterocycles. The number of halogens is 1. The first-order chi connectivity index (χ1) is 13.9. The van der Waals surface area contributed by atoms with Crippen molar-refractivity contribution in [2.75, 3.05) is 25.5 Å². The molecule has 1 atom stereocenters. The summed E-state index contributed by atoms with van der Waals surface area (Å²) in [5.74, 6) is 0.693. The topological polar surface area (TPSA) is 70.7 Å².